The van der Waals surface area contributed by atoms with Crippen molar-refractivity contribution in [3.8, 4) is 0 Å². The fraction of sp³-hybridized carbons (Fsp3) is 0.417. The Morgan fingerprint density at radius 3 is 2.80 bits per heavy atom. The van der Waals surface area contributed by atoms with Crippen LogP contribution in [0.25, 0.3) is 12.2 Å². The molecule has 1 aliphatic rings. The largest absolute Gasteiger partial charge is 0.370 e. The highest BCUT2D eigenvalue weighted by atomic mass is 16.2. The Bertz CT molecular complexity index is 856. The van der Waals surface area contributed by atoms with Gasteiger partial charge in [0.25, 0.3) is 0 Å². The fourth-order valence-corrected chi connectivity index (χ4v) is 4.07. The van der Waals surface area contributed by atoms with E-state index in [4.69, 9.17) is 0 Å². The maximum atomic E-state index is 13.2. The molecule has 0 bridgehead atoms. The monoisotopic (exact) mass is 411 g/mol. The minimum Gasteiger partial charge on any atom is -0.370 e. The Morgan fingerprint density at radius 2 is 2.10 bits per heavy atom. The van der Waals surface area contributed by atoms with Crippen molar-refractivity contribution in [3.63, 3.8) is 0 Å². The summed E-state index contributed by atoms with van der Waals surface area (Å²) in [5, 5.41) is 10.2. The van der Waals surface area contributed by atoms with Crippen LogP contribution in [0.4, 0.5) is 5.82 Å². The molecule has 1 saturated heterocycles. The van der Waals surface area contributed by atoms with Gasteiger partial charge >= 0.3 is 0 Å². The Morgan fingerprint density at radius 1 is 1.27 bits per heavy atom. The van der Waals surface area contributed by atoms with E-state index in [0.29, 0.717) is 0 Å². The highest BCUT2D eigenvalue weighted by Gasteiger charge is 2.33. The zero-order valence-electron chi connectivity index (χ0n) is 17.9. The lowest BCUT2D eigenvalue weighted by molar-refractivity contribution is -0.142. The van der Waals surface area contributed by atoms with Crippen LogP contribution in [0.5, 0.6) is 0 Å². The number of hydrogen-bond acceptors (Lipinski definition) is 4. The van der Waals surface area contributed by atoms with Gasteiger partial charge in [0.1, 0.15) is 5.82 Å². The lowest BCUT2D eigenvalue weighted by atomic mass is 10.0. The third kappa shape index (κ3) is 5.39. The van der Waals surface area contributed by atoms with Gasteiger partial charge in [-0.3, -0.25) is 14.8 Å². The number of aromatic amines is 1. The second-order valence-electron chi connectivity index (χ2n) is 7.63. The van der Waals surface area contributed by atoms with Gasteiger partial charge in [-0.25, -0.2) is 0 Å². The van der Waals surface area contributed by atoms with E-state index in [-0.39, 0.29) is 14.8 Å². The molecule has 6 heteroatoms. The minimum atomic E-state index is -0.0285. The molecule has 6 nitrogen and oxygen atoms in total. The van der Waals surface area contributed by atoms with Gasteiger partial charge in [0.2, 0.25) is 5.91 Å². The zero-order chi connectivity index (χ0) is 21.3. The number of amides is 1. The maximum Gasteiger partial charge on any atom is 0.239 e. The summed E-state index contributed by atoms with van der Waals surface area (Å²) in [6, 6.07) is 8.22. The molecule has 2 heterocycles. The van der Waals surface area contributed by atoms with Crippen LogP contribution in [0.1, 0.15) is 39.3 Å². The average molecular weight is 412 g/mol. The van der Waals surface area contributed by atoms with Crippen molar-refractivity contribution in [1.29, 1.82) is 0 Å². The predicted octanol–water partition coefficient (Wildman–Crippen LogP) is 4.16. The summed E-state index contributed by atoms with van der Waals surface area (Å²) in [5.41, 5.74) is 3.40. The molecule has 0 saturated carbocycles. The minimum absolute atomic E-state index is 0. The fourth-order valence-electron chi connectivity index (χ4n) is 4.07. The van der Waals surface area contributed by atoms with Gasteiger partial charge in [0.15, 0.2) is 0 Å². The smallest absolute Gasteiger partial charge is 0.239 e. The zero-order valence-corrected chi connectivity index (χ0v) is 17.9. The van der Waals surface area contributed by atoms with Crippen molar-refractivity contribution in [3.05, 3.63) is 60.3 Å². The van der Waals surface area contributed by atoms with Crippen LogP contribution < -0.4 is 5.32 Å². The highest BCUT2D eigenvalue weighted by molar-refractivity contribution is 5.82. The molecule has 164 valence electrons. The first-order valence-electron chi connectivity index (χ1n) is 10.8. The number of nitrogens with zero attached hydrogens (tertiary/aromatic N) is 3. The molecule has 1 aliphatic heterocycles. The topological polar surface area (TPSA) is 64.3 Å². The van der Waals surface area contributed by atoms with Crippen LogP contribution in [-0.2, 0) is 11.2 Å². The van der Waals surface area contributed by atoms with E-state index in [0.717, 1.165) is 68.9 Å². The van der Waals surface area contributed by atoms with Crippen LogP contribution in [-0.4, -0.2) is 64.7 Å². The van der Waals surface area contributed by atoms with Crippen LogP contribution in [0.3, 0.4) is 0 Å². The molecular formula is C24H37N5O. The summed E-state index contributed by atoms with van der Waals surface area (Å²) in [7, 11) is 0. The summed E-state index contributed by atoms with van der Waals surface area (Å²) in [6.07, 6.45) is 8.08. The number of carbonyl (C=O) groups is 1. The Kier molecular flexibility index (Phi) is 7.85. The van der Waals surface area contributed by atoms with Crippen molar-refractivity contribution in [2.24, 2.45) is 0 Å². The first kappa shape index (κ1) is 21.8. The number of hydrogen-bond donors (Lipinski definition) is 2. The second-order valence-corrected chi connectivity index (χ2v) is 7.63. The van der Waals surface area contributed by atoms with E-state index in [1.54, 1.807) is 6.20 Å². The van der Waals surface area contributed by atoms with Gasteiger partial charge in [0, 0.05) is 29.0 Å². The molecule has 2 N–H and O–H groups in total. The summed E-state index contributed by atoms with van der Waals surface area (Å²) >= 11 is 0. The predicted molar refractivity (Wildman–Crippen MR) is 128 cm³/mol. The number of benzene rings is 1. The number of likely N-dealkylation sites (N-methyl/N-ethyl adjacent to an activating group) is 1. The number of rotatable bonds is 11. The number of H-pyrrole nitrogens is 1. The van der Waals surface area contributed by atoms with E-state index in [9.17, 15) is 4.79 Å². The SMILES string of the molecule is C=Cc1ccc(CCN2CCN(CC)[C@@H](CCCNc3ccn[nH]3)C2=O)cc1C=C.[HH].[HH]. The van der Waals surface area contributed by atoms with Crippen LogP contribution in [0.2, 0.25) is 0 Å². The van der Waals surface area contributed by atoms with Gasteiger partial charge in [0.05, 0.1) is 12.2 Å². The van der Waals surface area contributed by atoms with E-state index >= 15 is 0 Å². The quantitative estimate of drug-likeness (QED) is 0.545. The van der Waals surface area contributed by atoms with Crippen LogP contribution >= 0.6 is 0 Å². The number of nitrogens with one attached hydrogen (secondary N) is 2. The third-order valence-corrected chi connectivity index (χ3v) is 5.83. The number of piperazine rings is 1. The lowest BCUT2D eigenvalue weighted by Crippen LogP contribution is -2.57. The van der Waals surface area contributed by atoms with Gasteiger partial charge in [-0.15, -0.1) is 0 Å². The summed E-state index contributed by atoms with van der Waals surface area (Å²) in [5.74, 6) is 1.18. The highest BCUT2D eigenvalue weighted by Crippen LogP contribution is 2.19. The van der Waals surface area contributed by atoms with E-state index in [1.165, 1.54) is 5.56 Å². The van der Waals surface area contributed by atoms with Crippen LogP contribution in [0.15, 0.2) is 43.6 Å². The average Bonchev–Trinajstić information content (AvgIpc) is 3.30. The van der Waals surface area contributed by atoms with Crippen molar-refractivity contribution in [2.45, 2.75) is 32.2 Å². The molecule has 0 spiro atoms. The Labute approximate surface area is 182 Å². The molecule has 0 radical (unpaired) electrons. The van der Waals surface area contributed by atoms with Crippen LogP contribution in [0, 0.1) is 0 Å². The summed E-state index contributed by atoms with van der Waals surface area (Å²) in [6.45, 7) is 14.1. The summed E-state index contributed by atoms with van der Waals surface area (Å²) in [4.78, 5) is 17.5. The molecule has 3 rings (SSSR count). The van der Waals surface area contributed by atoms with E-state index in [2.05, 4.69) is 58.7 Å². The van der Waals surface area contributed by atoms with Crippen molar-refractivity contribution < 1.29 is 7.65 Å². The molecule has 1 aromatic heterocycles. The van der Waals surface area contributed by atoms with E-state index < -0.39 is 0 Å². The first-order valence-corrected chi connectivity index (χ1v) is 10.8. The molecule has 1 fully saturated rings. The first-order chi connectivity index (χ1) is 14.7. The molecule has 0 aliphatic carbocycles. The van der Waals surface area contributed by atoms with Crippen molar-refractivity contribution >= 4 is 23.9 Å². The number of carbonyl (C=O) groups excluding carboxylic acids is 1. The standard InChI is InChI=1S/C24H33N5O.2H2/c1-4-20-10-9-19(18-21(20)5-2)12-15-29-17-16-28(6-3)22(24(29)30)8-7-13-25-23-11-14-26-27-23;;/h4-5,9-11,14,18,22H,1-2,6-8,12-13,15-17H2,3H3,(H2,25,26,27);2*1H/t22-;;/m0../s1. The van der Waals surface area contributed by atoms with Gasteiger partial charge in [-0.2, -0.15) is 5.10 Å². The van der Waals surface area contributed by atoms with Gasteiger partial charge in [-0.05, 0) is 48.6 Å². The molecule has 2 aromatic rings. The van der Waals surface area contributed by atoms with Crippen molar-refractivity contribution in [1.82, 2.24) is 20.0 Å². The lowest BCUT2D eigenvalue weighted by Gasteiger charge is -2.40. The molecule has 30 heavy (non-hydrogen) atoms. The van der Waals surface area contributed by atoms with Gasteiger partial charge < -0.3 is 10.2 Å². The molecule has 0 unspecified atom stereocenters. The number of anilines is 1. The molecule has 1 atom stereocenters. The molecular weight excluding hydrogens is 374 g/mol. The normalized spacial score (nSPS) is 17.2. The number of aromatic nitrogens is 2. The maximum absolute atomic E-state index is 13.2. The second kappa shape index (κ2) is 10.8. The Balaban J connectivity index is 0.00000256. The molecule has 1 amide bonds. The van der Waals surface area contributed by atoms with E-state index in [1.807, 2.05) is 23.1 Å². The Hall–Kier alpha value is -2.86. The third-order valence-electron chi connectivity index (χ3n) is 5.83. The van der Waals surface area contributed by atoms with Gasteiger partial charge in [-0.1, -0.05) is 50.4 Å². The molecule has 1 aromatic carbocycles. The van der Waals surface area contributed by atoms with Crippen molar-refractivity contribution in [2.75, 3.05) is 38.0 Å². The summed E-state index contributed by atoms with van der Waals surface area (Å²) < 4.78 is 0.